The molecule has 0 heterocycles. The lowest BCUT2D eigenvalue weighted by molar-refractivity contribution is 0.0935. The van der Waals surface area contributed by atoms with Gasteiger partial charge in [0, 0.05) is 7.05 Å². The highest BCUT2D eigenvalue weighted by molar-refractivity contribution is 7.92. The van der Waals surface area contributed by atoms with E-state index in [1.807, 2.05) is 32.9 Å². The van der Waals surface area contributed by atoms with Gasteiger partial charge >= 0.3 is 0 Å². The fraction of sp³-hybridized carbons (Fsp3) is 0.350. The Morgan fingerprint density at radius 3 is 2.37 bits per heavy atom. The van der Waals surface area contributed by atoms with Crippen molar-refractivity contribution in [3.05, 3.63) is 63.7 Å². The molecule has 0 radical (unpaired) electrons. The van der Waals surface area contributed by atoms with E-state index in [9.17, 15) is 13.2 Å². The molecule has 0 aromatic heterocycles. The van der Waals surface area contributed by atoms with Gasteiger partial charge in [0.25, 0.3) is 5.91 Å². The summed E-state index contributed by atoms with van der Waals surface area (Å²) in [7, 11) is -2.00. The van der Waals surface area contributed by atoms with Crippen LogP contribution in [0.1, 0.15) is 46.4 Å². The number of nitrogens with zero attached hydrogens (tertiary/aromatic N) is 1. The number of benzene rings is 2. The van der Waals surface area contributed by atoms with E-state index >= 15 is 0 Å². The maximum absolute atomic E-state index is 12.8. The number of halogens is 1. The van der Waals surface area contributed by atoms with Gasteiger partial charge < -0.3 is 5.32 Å². The van der Waals surface area contributed by atoms with E-state index in [1.165, 1.54) is 24.7 Å². The van der Waals surface area contributed by atoms with Gasteiger partial charge in [0.2, 0.25) is 10.0 Å². The highest BCUT2D eigenvalue weighted by Crippen LogP contribution is 2.26. The van der Waals surface area contributed by atoms with Crippen molar-refractivity contribution in [2.75, 3.05) is 17.6 Å². The van der Waals surface area contributed by atoms with Crippen LogP contribution in [0, 0.1) is 13.8 Å². The summed E-state index contributed by atoms with van der Waals surface area (Å²) in [5.74, 6) is -0.339. The summed E-state index contributed by atoms with van der Waals surface area (Å²) in [5.41, 5.74) is 4.00. The zero-order valence-electron chi connectivity index (χ0n) is 16.2. The maximum atomic E-state index is 12.8. The monoisotopic (exact) mass is 408 g/mol. The van der Waals surface area contributed by atoms with Crippen LogP contribution in [0.25, 0.3) is 0 Å². The number of hydrogen-bond acceptors (Lipinski definition) is 3. The van der Waals surface area contributed by atoms with Crippen LogP contribution in [0.3, 0.4) is 0 Å². The number of anilines is 1. The zero-order valence-corrected chi connectivity index (χ0v) is 17.8. The first-order valence-corrected chi connectivity index (χ1v) is 10.9. The van der Waals surface area contributed by atoms with Crippen LogP contribution >= 0.6 is 11.6 Å². The second-order valence-electron chi connectivity index (χ2n) is 6.67. The van der Waals surface area contributed by atoms with Crippen LogP contribution in [-0.4, -0.2) is 27.6 Å². The topological polar surface area (TPSA) is 66.5 Å². The van der Waals surface area contributed by atoms with Gasteiger partial charge in [-0.25, -0.2) is 8.42 Å². The minimum Gasteiger partial charge on any atom is -0.345 e. The van der Waals surface area contributed by atoms with Gasteiger partial charge in [0.15, 0.2) is 0 Å². The molecule has 1 unspecified atom stereocenters. The van der Waals surface area contributed by atoms with Crippen molar-refractivity contribution in [2.24, 2.45) is 0 Å². The van der Waals surface area contributed by atoms with Crippen molar-refractivity contribution in [1.29, 1.82) is 0 Å². The van der Waals surface area contributed by atoms with Gasteiger partial charge in [-0.2, -0.15) is 0 Å². The number of aryl methyl sites for hydroxylation is 2. The van der Waals surface area contributed by atoms with Crippen LogP contribution < -0.4 is 9.62 Å². The molecule has 0 aliphatic carbocycles. The third kappa shape index (κ3) is 5.02. The molecule has 5 nitrogen and oxygen atoms in total. The van der Waals surface area contributed by atoms with E-state index in [2.05, 4.69) is 11.4 Å². The third-order valence-corrected chi connectivity index (χ3v) is 6.24. The van der Waals surface area contributed by atoms with Gasteiger partial charge in [0.1, 0.15) is 0 Å². The van der Waals surface area contributed by atoms with Gasteiger partial charge in [0.05, 0.1) is 28.6 Å². The Morgan fingerprint density at radius 2 is 1.81 bits per heavy atom. The number of carbonyl (C=O) groups excluding carboxylic acids is 1. The molecule has 0 aliphatic rings. The number of rotatable bonds is 6. The normalized spacial score (nSPS) is 12.5. The molecule has 0 bridgehead atoms. The van der Waals surface area contributed by atoms with Gasteiger partial charge in [-0.1, -0.05) is 36.7 Å². The van der Waals surface area contributed by atoms with Crippen LogP contribution in [0.15, 0.2) is 36.4 Å². The van der Waals surface area contributed by atoms with Crippen molar-refractivity contribution in [3.8, 4) is 0 Å². The molecular formula is C20H25ClN2O3S. The maximum Gasteiger partial charge on any atom is 0.253 e. The minimum absolute atomic E-state index is 0.163. The van der Waals surface area contributed by atoms with Crippen molar-refractivity contribution in [1.82, 2.24) is 5.32 Å². The second-order valence-corrected chi connectivity index (χ2v) is 9.09. The quantitative estimate of drug-likeness (QED) is 0.777. The Hall–Kier alpha value is -2.05. The van der Waals surface area contributed by atoms with E-state index in [0.717, 1.165) is 28.1 Å². The first-order chi connectivity index (χ1) is 12.5. The van der Waals surface area contributed by atoms with E-state index < -0.39 is 10.0 Å². The van der Waals surface area contributed by atoms with Crippen LogP contribution in [0.4, 0.5) is 5.69 Å². The number of hydrogen-bond donors (Lipinski definition) is 1. The fourth-order valence-corrected chi connectivity index (χ4v) is 3.41. The Kier molecular flexibility index (Phi) is 6.54. The van der Waals surface area contributed by atoms with Crippen molar-refractivity contribution < 1.29 is 13.2 Å². The van der Waals surface area contributed by atoms with Crippen LogP contribution in [-0.2, 0) is 10.0 Å². The van der Waals surface area contributed by atoms with Gasteiger partial charge in [-0.15, -0.1) is 0 Å². The molecule has 0 saturated carbocycles. The zero-order chi connectivity index (χ0) is 20.4. The van der Waals surface area contributed by atoms with Crippen LogP contribution in [0.2, 0.25) is 5.02 Å². The average molecular weight is 409 g/mol. The van der Waals surface area contributed by atoms with E-state index in [4.69, 9.17) is 11.6 Å². The molecule has 146 valence electrons. The van der Waals surface area contributed by atoms with E-state index in [-0.39, 0.29) is 22.5 Å². The van der Waals surface area contributed by atoms with Gasteiger partial charge in [-0.3, -0.25) is 9.10 Å². The second kappa shape index (κ2) is 8.31. The largest absolute Gasteiger partial charge is 0.345 e. The Bertz CT molecular complexity index is 958. The highest BCUT2D eigenvalue weighted by atomic mass is 35.5. The smallest absolute Gasteiger partial charge is 0.253 e. The molecule has 1 amide bonds. The van der Waals surface area contributed by atoms with Gasteiger partial charge in [-0.05, 0) is 55.2 Å². The Morgan fingerprint density at radius 1 is 1.15 bits per heavy atom. The highest BCUT2D eigenvalue weighted by Gasteiger charge is 2.19. The molecule has 2 aromatic carbocycles. The van der Waals surface area contributed by atoms with E-state index in [0.29, 0.717) is 5.69 Å². The summed E-state index contributed by atoms with van der Waals surface area (Å²) in [6.45, 7) is 6.08. The number of nitrogens with one attached hydrogen (secondary N) is 1. The molecule has 0 saturated heterocycles. The summed E-state index contributed by atoms with van der Waals surface area (Å²) in [5, 5.41) is 3.27. The molecule has 0 spiro atoms. The molecule has 2 rings (SSSR count). The molecule has 1 atom stereocenters. The van der Waals surface area contributed by atoms with Crippen LogP contribution in [0.5, 0.6) is 0 Å². The fourth-order valence-electron chi connectivity index (χ4n) is 2.71. The van der Waals surface area contributed by atoms with Crippen molar-refractivity contribution in [3.63, 3.8) is 0 Å². The lowest BCUT2D eigenvalue weighted by atomic mass is 9.99. The Labute approximate surface area is 166 Å². The lowest BCUT2D eigenvalue weighted by Crippen LogP contribution is -2.29. The first kappa shape index (κ1) is 21.3. The third-order valence-electron chi connectivity index (χ3n) is 4.70. The molecule has 27 heavy (non-hydrogen) atoms. The van der Waals surface area contributed by atoms with Crippen molar-refractivity contribution >= 4 is 33.2 Å². The molecule has 2 aromatic rings. The lowest BCUT2D eigenvalue weighted by Gasteiger charge is -2.21. The number of carbonyl (C=O) groups is 1. The predicted octanol–water partition coefficient (Wildman–Crippen LogP) is 4.23. The van der Waals surface area contributed by atoms with Crippen molar-refractivity contribution in [2.45, 2.75) is 33.2 Å². The first-order valence-electron chi connectivity index (χ1n) is 8.66. The summed E-state index contributed by atoms with van der Waals surface area (Å²) < 4.78 is 24.6. The molecular weight excluding hydrogens is 384 g/mol. The predicted molar refractivity (Wildman–Crippen MR) is 111 cm³/mol. The summed E-state index contributed by atoms with van der Waals surface area (Å²) in [4.78, 5) is 12.8. The average Bonchev–Trinajstić information content (AvgIpc) is 2.61. The minimum atomic E-state index is -3.43. The summed E-state index contributed by atoms with van der Waals surface area (Å²) in [6.07, 6.45) is 1.82. The molecule has 0 aliphatic heterocycles. The molecule has 1 N–H and O–H groups in total. The molecule has 7 heteroatoms. The number of amides is 1. The summed E-state index contributed by atoms with van der Waals surface area (Å²) in [6, 6.07) is 10.5. The molecule has 0 fully saturated rings. The SMILES string of the molecule is CCC(NC(=O)c1cc(N(C)S(C)(=O)=O)ccc1Cl)c1ccc(C)c(C)c1. The summed E-state index contributed by atoms with van der Waals surface area (Å²) >= 11 is 6.20. The standard InChI is InChI=1S/C20H25ClN2O3S/c1-6-19(15-8-7-13(2)14(3)11-15)22-20(24)17-12-16(9-10-18(17)21)23(4)27(5,25)26/h7-12,19H,6H2,1-5H3,(H,22,24). The number of sulfonamides is 1. The van der Waals surface area contributed by atoms with E-state index in [1.54, 1.807) is 6.07 Å². The Balaban J connectivity index is 2.32.